The summed E-state index contributed by atoms with van der Waals surface area (Å²) >= 11 is 0. The van der Waals surface area contributed by atoms with Crippen molar-refractivity contribution in [3.8, 4) is 0 Å². The van der Waals surface area contributed by atoms with Gasteiger partial charge in [-0.2, -0.15) is 4.31 Å². The van der Waals surface area contributed by atoms with Crippen LogP contribution < -0.4 is 0 Å². The quantitative estimate of drug-likeness (QED) is 0.836. The minimum atomic E-state index is -3.72. The average molecular weight is 303 g/mol. The molecule has 0 unspecified atom stereocenters. The molecule has 0 aromatic heterocycles. The third-order valence-corrected chi connectivity index (χ3v) is 5.46. The second kappa shape index (κ2) is 5.07. The molecule has 1 aliphatic rings. The summed E-state index contributed by atoms with van der Waals surface area (Å²) in [7, 11) is -3.72. The van der Waals surface area contributed by atoms with Gasteiger partial charge < -0.3 is 0 Å². The average Bonchev–Trinajstić information content (AvgIpc) is 3.11. The van der Waals surface area contributed by atoms with E-state index >= 15 is 0 Å². The van der Waals surface area contributed by atoms with Gasteiger partial charge in [0.2, 0.25) is 10.0 Å². The van der Waals surface area contributed by atoms with E-state index in [1.807, 2.05) is 0 Å². The summed E-state index contributed by atoms with van der Waals surface area (Å²) in [6.07, 6.45) is 1.67. The molecule has 1 aliphatic carbocycles. The van der Waals surface area contributed by atoms with Gasteiger partial charge in [-0.1, -0.05) is 12.1 Å². The zero-order chi connectivity index (χ0) is 15.1. The Morgan fingerprint density at radius 2 is 1.90 bits per heavy atom. The molecule has 0 N–H and O–H groups in total. The van der Waals surface area contributed by atoms with E-state index < -0.39 is 15.9 Å². The molecular formula is C14H19F2NO2S. The van der Waals surface area contributed by atoms with Crippen LogP contribution >= 0.6 is 0 Å². The van der Waals surface area contributed by atoms with Crippen molar-refractivity contribution in [3.05, 3.63) is 29.8 Å². The largest absolute Gasteiger partial charge is 0.270 e. The number of rotatable bonds is 5. The van der Waals surface area contributed by atoms with E-state index in [0.717, 1.165) is 25.8 Å². The number of nitrogens with zero attached hydrogens (tertiary/aromatic N) is 1. The predicted molar refractivity (Wildman–Crippen MR) is 73.2 cm³/mol. The SMILES string of the molecule is CC(C)N(C1CC1)S(=O)(=O)c1cccc(C(C)(F)F)c1. The number of alkyl halides is 2. The molecular weight excluding hydrogens is 284 g/mol. The molecule has 0 spiro atoms. The molecule has 0 radical (unpaired) electrons. The van der Waals surface area contributed by atoms with Crippen molar-refractivity contribution in [3.63, 3.8) is 0 Å². The molecule has 0 heterocycles. The van der Waals surface area contributed by atoms with Crippen LogP contribution in [-0.4, -0.2) is 24.8 Å². The molecule has 1 fully saturated rings. The van der Waals surface area contributed by atoms with E-state index in [1.54, 1.807) is 13.8 Å². The molecule has 6 heteroatoms. The lowest BCUT2D eigenvalue weighted by atomic mass is 10.1. The third kappa shape index (κ3) is 3.01. The third-order valence-electron chi connectivity index (χ3n) is 3.33. The van der Waals surface area contributed by atoms with Gasteiger partial charge >= 0.3 is 0 Å². The molecule has 0 atom stereocenters. The van der Waals surface area contributed by atoms with Crippen molar-refractivity contribution in [1.29, 1.82) is 0 Å². The Kier molecular flexibility index (Phi) is 3.90. The maximum absolute atomic E-state index is 13.3. The van der Waals surface area contributed by atoms with E-state index in [9.17, 15) is 17.2 Å². The standard InChI is InChI=1S/C14H19F2NO2S/c1-10(2)17(12-7-8-12)20(18,19)13-6-4-5-11(9-13)14(3,15)16/h4-6,9-10,12H,7-8H2,1-3H3. The highest BCUT2D eigenvalue weighted by Crippen LogP contribution is 2.35. The van der Waals surface area contributed by atoms with E-state index in [-0.39, 0.29) is 22.5 Å². The molecule has 2 rings (SSSR count). The Morgan fingerprint density at radius 3 is 2.35 bits per heavy atom. The van der Waals surface area contributed by atoms with Crippen LogP contribution in [0.1, 0.15) is 39.2 Å². The molecule has 1 saturated carbocycles. The lowest BCUT2D eigenvalue weighted by Gasteiger charge is -2.26. The maximum atomic E-state index is 13.3. The van der Waals surface area contributed by atoms with Crippen LogP contribution in [0.4, 0.5) is 8.78 Å². The number of hydrogen-bond donors (Lipinski definition) is 0. The van der Waals surface area contributed by atoms with Crippen LogP contribution in [0, 0.1) is 0 Å². The smallest absolute Gasteiger partial charge is 0.207 e. The number of halogens is 2. The van der Waals surface area contributed by atoms with Gasteiger partial charge in [0.05, 0.1) is 4.90 Å². The minimum Gasteiger partial charge on any atom is -0.207 e. The molecule has 0 saturated heterocycles. The Balaban J connectivity index is 2.43. The van der Waals surface area contributed by atoms with E-state index in [0.29, 0.717) is 0 Å². The molecule has 0 amide bonds. The van der Waals surface area contributed by atoms with Gasteiger partial charge in [-0.05, 0) is 38.8 Å². The summed E-state index contributed by atoms with van der Waals surface area (Å²) < 4.78 is 53.4. The monoisotopic (exact) mass is 303 g/mol. The fourth-order valence-corrected chi connectivity index (χ4v) is 4.20. The molecule has 1 aromatic carbocycles. The first-order valence-corrected chi connectivity index (χ1v) is 8.10. The number of hydrogen-bond acceptors (Lipinski definition) is 2. The summed E-state index contributed by atoms with van der Waals surface area (Å²) in [5.41, 5.74) is -0.280. The predicted octanol–water partition coefficient (Wildman–Crippen LogP) is 3.36. The Labute approximate surface area is 118 Å². The number of sulfonamides is 1. The van der Waals surface area contributed by atoms with Crippen LogP contribution in [0.3, 0.4) is 0 Å². The van der Waals surface area contributed by atoms with Crippen molar-refractivity contribution in [1.82, 2.24) is 4.31 Å². The van der Waals surface area contributed by atoms with Gasteiger partial charge in [-0.3, -0.25) is 0 Å². The highest BCUT2D eigenvalue weighted by atomic mass is 32.2. The fourth-order valence-electron chi connectivity index (χ4n) is 2.28. The van der Waals surface area contributed by atoms with Crippen LogP contribution in [0.25, 0.3) is 0 Å². The molecule has 3 nitrogen and oxygen atoms in total. The molecule has 112 valence electrons. The first kappa shape index (κ1) is 15.4. The van der Waals surface area contributed by atoms with Gasteiger partial charge in [0, 0.05) is 24.6 Å². The Bertz CT molecular complexity index is 587. The van der Waals surface area contributed by atoms with Crippen LogP contribution in [0.2, 0.25) is 0 Å². The highest BCUT2D eigenvalue weighted by molar-refractivity contribution is 7.89. The highest BCUT2D eigenvalue weighted by Gasteiger charge is 2.40. The topological polar surface area (TPSA) is 37.4 Å². The van der Waals surface area contributed by atoms with Crippen molar-refractivity contribution in [2.24, 2.45) is 0 Å². The molecule has 0 aliphatic heterocycles. The summed E-state index contributed by atoms with van der Waals surface area (Å²) in [6, 6.07) is 4.89. The van der Waals surface area contributed by atoms with Gasteiger partial charge in [0.15, 0.2) is 0 Å². The Hall–Kier alpha value is -1.01. The van der Waals surface area contributed by atoms with Crippen molar-refractivity contribution >= 4 is 10.0 Å². The zero-order valence-electron chi connectivity index (χ0n) is 11.8. The first-order valence-electron chi connectivity index (χ1n) is 6.66. The van der Waals surface area contributed by atoms with Crippen LogP contribution in [-0.2, 0) is 15.9 Å². The van der Waals surface area contributed by atoms with Crippen LogP contribution in [0.5, 0.6) is 0 Å². The second-order valence-corrected chi connectivity index (χ2v) is 7.42. The van der Waals surface area contributed by atoms with Crippen molar-refractivity contribution in [2.45, 2.75) is 56.5 Å². The second-order valence-electron chi connectivity index (χ2n) is 5.58. The van der Waals surface area contributed by atoms with Gasteiger partial charge in [0.25, 0.3) is 5.92 Å². The summed E-state index contributed by atoms with van der Waals surface area (Å²) in [4.78, 5) is -0.0582. The van der Waals surface area contributed by atoms with Gasteiger partial charge in [-0.25, -0.2) is 17.2 Å². The molecule has 1 aromatic rings. The molecule has 0 bridgehead atoms. The van der Waals surface area contributed by atoms with Crippen molar-refractivity contribution in [2.75, 3.05) is 0 Å². The lowest BCUT2D eigenvalue weighted by molar-refractivity contribution is 0.0172. The van der Waals surface area contributed by atoms with E-state index in [4.69, 9.17) is 0 Å². The first-order chi connectivity index (χ1) is 9.14. The fraction of sp³-hybridized carbons (Fsp3) is 0.571. The summed E-state index contributed by atoms with van der Waals surface area (Å²) in [5.74, 6) is -3.05. The zero-order valence-corrected chi connectivity index (χ0v) is 12.6. The maximum Gasteiger partial charge on any atom is 0.270 e. The van der Waals surface area contributed by atoms with Crippen molar-refractivity contribution < 1.29 is 17.2 Å². The van der Waals surface area contributed by atoms with Gasteiger partial charge in [0.1, 0.15) is 0 Å². The van der Waals surface area contributed by atoms with Crippen LogP contribution in [0.15, 0.2) is 29.2 Å². The number of benzene rings is 1. The summed E-state index contributed by atoms with van der Waals surface area (Å²) in [6.45, 7) is 4.36. The Morgan fingerprint density at radius 1 is 1.30 bits per heavy atom. The van der Waals surface area contributed by atoms with E-state index in [1.165, 1.54) is 22.5 Å². The van der Waals surface area contributed by atoms with E-state index in [2.05, 4.69) is 0 Å². The normalized spacial score (nSPS) is 16.9. The minimum absolute atomic E-state index is 0.00536. The van der Waals surface area contributed by atoms with Gasteiger partial charge in [-0.15, -0.1) is 0 Å². The molecule has 20 heavy (non-hydrogen) atoms. The summed E-state index contributed by atoms with van der Waals surface area (Å²) in [5, 5.41) is 0. The lowest BCUT2D eigenvalue weighted by Crippen LogP contribution is -2.38.